The maximum atomic E-state index is 15.1. The third kappa shape index (κ3) is 4.75. The summed E-state index contributed by atoms with van der Waals surface area (Å²) in [6.07, 6.45) is 1.44. The SMILES string of the molecule is CCc1nn(-c2cc(F)c(C(N)=O)c(NC(CCO)C(=O)OC)c2)c2c1C(=O)CC(C)(C)C2. The van der Waals surface area contributed by atoms with Gasteiger partial charge in [-0.2, -0.15) is 5.10 Å². The van der Waals surface area contributed by atoms with Gasteiger partial charge in [-0.3, -0.25) is 9.59 Å². The number of amides is 1. The van der Waals surface area contributed by atoms with Gasteiger partial charge in [-0.05, 0) is 24.3 Å². The number of benzene rings is 1. The number of aryl methyl sites for hydroxylation is 1. The number of rotatable bonds is 8. The number of nitrogens with one attached hydrogen (secondary N) is 1. The number of nitrogens with two attached hydrogens (primary N) is 1. The summed E-state index contributed by atoms with van der Waals surface area (Å²) in [5.41, 5.74) is 6.75. The number of anilines is 1. The second kappa shape index (κ2) is 9.30. The molecule has 1 aliphatic carbocycles. The Hall–Kier alpha value is -3.27. The molecule has 0 bridgehead atoms. The summed E-state index contributed by atoms with van der Waals surface area (Å²) >= 11 is 0. The van der Waals surface area contributed by atoms with Crippen LogP contribution in [-0.2, 0) is 22.4 Å². The van der Waals surface area contributed by atoms with Gasteiger partial charge in [0.2, 0.25) is 0 Å². The van der Waals surface area contributed by atoms with Crippen LogP contribution in [0, 0.1) is 11.2 Å². The first kappa shape index (κ1) is 24.4. The van der Waals surface area contributed by atoms with E-state index in [0.29, 0.717) is 36.2 Å². The Morgan fingerprint density at radius 1 is 1.36 bits per heavy atom. The van der Waals surface area contributed by atoms with Crippen LogP contribution in [0.25, 0.3) is 5.69 Å². The lowest BCUT2D eigenvalue weighted by molar-refractivity contribution is -0.141. The van der Waals surface area contributed by atoms with Crippen molar-refractivity contribution in [1.82, 2.24) is 9.78 Å². The minimum absolute atomic E-state index is 0.00868. The van der Waals surface area contributed by atoms with E-state index in [2.05, 4.69) is 10.4 Å². The summed E-state index contributed by atoms with van der Waals surface area (Å²) < 4.78 is 21.4. The molecular weight excluding hydrogens is 431 g/mol. The first-order chi connectivity index (χ1) is 15.5. The zero-order valence-corrected chi connectivity index (χ0v) is 19.2. The van der Waals surface area contributed by atoms with Crippen molar-refractivity contribution in [2.24, 2.45) is 11.1 Å². The van der Waals surface area contributed by atoms with Crippen molar-refractivity contribution in [3.05, 3.63) is 40.5 Å². The molecule has 178 valence electrons. The highest BCUT2D eigenvalue weighted by atomic mass is 19.1. The molecule has 1 unspecified atom stereocenters. The van der Waals surface area contributed by atoms with Gasteiger partial charge >= 0.3 is 5.97 Å². The number of Topliss-reactive ketones (excluding diaryl/α,β-unsaturated/α-hetero) is 1. The fourth-order valence-electron chi connectivity index (χ4n) is 4.28. The number of carbonyl (C=O) groups is 3. The van der Waals surface area contributed by atoms with Crippen LogP contribution in [0.3, 0.4) is 0 Å². The van der Waals surface area contributed by atoms with Crippen LogP contribution in [0.5, 0.6) is 0 Å². The molecule has 0 fully saturated rings. The molecule has 1 aliphatic rings. The van der Waals surface area contributed by atoms with Crippen LogP contribution in [0.15, 0.2) is 12.1 Å². The van der Waals surface area contributed by atoms with Crippen molar-refractivity contribution in [3.8, 4) is 5.69 Å². The van der Waals surface area contributed by atoms with Gasteiger partial charge in [0.1, 0.15) is 11.9 Å². The lowest BCUT2D eigenvalue weighted by Crippen LogP contribution is -2.33. The highest BCUT2D eigenvalue weighted by molar-refractivity contribution is 6.01. The van der Waals surface area contributed by atoms with Crippen LogP contribution >= 0.6 is 0 Å². The molecule has 3 rings (SSSR count). The predicted molar refractivity (Wildman–Crippen MR) is 119 cm³/mol. The first-order valence-electron chi connectivity index (χ1n) is 10.8. The molecule has 1 amide bonds. The molecule has 4 N–H and O–H groups in total. The van der Waals surface area contributed by atoms with Gasteiger partial charge in [-0.1, -0.05) is 20.8 Å². The predicted octanol–water partition coefficient (Wildman–Crippen LogP) is 2.16. The van der Waals surface area contributed by atoms with Gasteiger partial charge in [0.05, 0.1) is 41.0 Å². The fraction of sp³-hybridized carbons (Fsp3) is 0.478. The highest BCUT2D eigenvalue weighted by Gasteiger charge is 2.36. The molecule has 1 atom stereocenters. The van der Waals surface area contributed by atoms with Crippen molar-refractivity contribution in [1.29, 1.82) is 0 Å². The monoisotopic (exact) mass is 460 g/mol. The van der Waals surface area contributed by atoms with Gasteiger partial charge in [-0.15, -0.1) is 0 Å². The maximum absolute atomic E-state index is 15.1. The normalized spacial score (nSPS) is 15.6. The quantitative estimate of drug-likeness (QED) is 0.514. The average molecular weight is 461 g/mol. The minimum Gasteiger partial charge on any atom is -0.467 e. The van der Waals surface area contributed by atoms with Gasteiger partial charge in [0, 0.05) is 25.5 Å². The van der Waals surface area contributed by atoms with Crippen LogP contribution in [0.2, 0.25) is 0 Å². The molecule has 0 spiro atoms. The number of hydrogen-bond acceptors (Lipinski definition) is 7. The molecule has 1 aromatic heterocycles. The van der Waals surface area contributed by atoms with Crippen molar-refractivity contribution in [3.63, 3.8) is 0 Å². The molecule has 0 saturated carbocycles. The fourth-order valence-corrected chi connectivity index (χ4v) is 4.28. The first-order valence-corrected chi connectivity index (χ1v) is 10.8. The molecule has 0 saturated heterocycles. The van der Waals surface area contributed by atoms with Crippen molar-refractivity contribution in [2.45, 2.75) is 52.5 Å². The Kier molecular flexibility index (Phi) is 6.87. The van der Waals surface area contributed by atoms with Crippen LogP contribution < -0.4 is 11.1 Å². The number of ketones is 1. The standard InChI is InChI=1S/C23H29FN4O5/c1-5-14-20-17(10-23(2,3)11-18(20)30)28(27-14)12-8-13(24)19(21(25)31)16(9-12)26-15(6-7-29)22(32)33-4/h8-9,15,26,29H,5-7,10-11H2,1-4H3,(H2,25,31). The zero-order valence-electron chi connectivity index (χ0n) is 19.2. The Labute approximate surface area is 191 Å². The molecule has 1 aromatic carbocycles. The van der Waals surface area contributed by atoms with E-state index in [4.69, 9.17) is 10.5 Å². The van der Waals surface area contributed by atoms with Gasteiger partial charge < -0.3 is 20.9 Å². The molecule has 2 aromatic rings. The summed E-state index contributed by atoms with van der Waals surface area (Å²) in [5.74, 6) is -2.63. The maximum Gasteiger partial charge on any atom is 0.328 e. The number of carbonyl (C=O) groups excluding carboxylic acids is 3. The number of aliphatic hydroxyl groups excluding tert-OH is 1. The molecule has 9 nitrogen and oxygen atoms in total. The Balaban J connectivity index is 2.19. The van der Waals surface area contributed by atoms with E-state index in [0.717, 1.165) is 6.07 Å². The Morgan fingerprint density at radius 2 is 2.06 bits per heavy atom. The van der Waals surface area contributed by atoms with E-state index in [1.165, 1.54) is 17.9 Å². The average Bonchev–Trinajstić information content (AvgIpc) is 3.09. The summed E-state index contributed by atoms with van der Waals surface area (Å²) in [5, 5.41) is 16.6. The zero-order chi connectivity index (χ0) is 24.5. The molecule has 0 aliphatic heterocycles. The summed E-state index contributed by atoms with van der Waals surface area (Å²) in [6.45, 7) is 5.51. The number of aromatic nitrogens is 2. The van der Waals surface area contributed by atoms with Gasteiger partial charge in [-0.25, -0.2) is 13.9 Å². The van der Waals surface area contributed by atoms with Crippen molar-refractivity contribution < 1.29 is 28.6 Å². The van der Waals surface area contributed by atoms with E-state index in [-0.39, 0.29) is 35.6 Å². The van der Waals surface area contributed by atoms with Crippen molar-refractivity contribution >= 4 is 23.3 Å². The third-order valence-corrected chi connectivity index (χ3v) is 5.75. The highest BCUT2D eigenvalue weighted by Crippen LogP contribution is 2.38. The van der Waals surface area contributed by atoms with E-state index in [1.807, 2.05) is 20.8 Å². The number of esters is 1. The smallest absolute Gasteiger partial charge is 0.328 e. The van der Waals surface area contributed by atoms with E-state index < -0.39 is 29.3 Å². The number of primary amides is 1. The van der Waals surface area contributed by atoms with E-state index in [1.54, 1.807) is 0 Å². The second-order valence-corrected chi connectivity index (χ2v) is 8.92. The van der Waals surface area contributed by atoms with Crippen LogP contribution in [-0.4, -0.2) is 52.3 Å². The van der Waals surface area contributed by atoms with Crippen molar-refractivity contribution in [2.75, 3.05) is 19.0 Å². The molecule has 1 heterocycles. The third-order valence-electron chi connectivity index (χ3n) is 5.75. The summed E-state index contributed by atoms with van der Waals surface area (Å²) in [7, 11) is 1.18. The number of nitrogens with zero attached hydrogens (tertiary/aromatic N) is 2. The Bertz CT molecular complexity index is 1110. The topological polar surface area (TPSA) is 137 Å². The number of ether oxygens (including phenoxy) is 1. The molecule has 0 radical (unpaired) electrons. The summed E-state index contributed by atoms with van der Waals surface area (Å²) in [4.78, 5) is 37.0. The molecule has 10 heteroatoms. The number of hydrogen-bond donors (Lipinski definition) is 3. The van der Waals surface area contributed by atoms with E-state index >= 15 is 4.39 Å². The van der Waals surface area contributed by atoms with Gasteiger partial charge in [0.15, 0.2) is 5.78 Å². The number of fused-ring (bicyclic) bond motifs is 1. The number of halogens is 1. The van der Waals surface area contributed by atoms with Crippen LogP contribution in [0.1, 0.15) is 65.7 Å². The number of aliphatic hydroxyl groups is 1. The molecule has 33 heavy (non-hydrogen) atoms. The molecular formula is C23H29FN4O5. The van der Waals surface area contributed by atoms with Crippen LogP contribution in [0.4, 0.5) is 10.1 Å². The lowest BCUT2D eigenvalue weighted by atomic mass is 9.75. The minimum atomic E-state index is -1.04. The lowest BCUT2D eigenvalue weighted by Gasteiger charge is -2.29. The summed E-state index contributed by atoms with van der Waals surface area (Å²) in [6, 6.07) is 1.55. The largest absolute Gasteiger partial charge is 0.467 e. The van der Waals surface area contributed by atoms with Gasteiger partial charge in [0.25, 0.3) is 5.91 Å². The Morgan fingerprint density at radius 3 is 2.64 bits per heavy atom. The second-order valence-electron chi connectivity index (χ2n) is 8.92. The number of methoxy groups -OCH3 is 1. The van der Waals surface area contributed by atoms with E-state index in [9.17, 15) is 19.5 Å².